The molecule has 0 spiro atoms. The van der Waals surface area contributed by atoms with E-state index in [1.807, 2.05) is 0 Å². The molecule has 0 N–H and O–H groups in total. The maximum Gasteiger partial charge on any atom is 0.394 e. The van der Waals surface area contributed by atoms with Crippen molar-refractivity contribution in [2.24, 2.45) is 0 Å². The van der Waals surface area contributed by atoms with Crippen molar-refractivity contribution in [2.45, 2.75) is 0 Å². The van der Waals surface area contributed by atoms with Gasteiger partial charge in [-0.05, 0) is 12.1 Å². The third kappa shape index (κ3) is 0.922. The number of para-hydroxylation sites is 1. The van der Waals surface area contributed by atoms with Crippen molar-refractivity contribution in [3.8, 4) is 6.08 Å². The van der Waals surface area contributed by atoms with Crippen LogP contribution in [0.2, 0.25) is 0 Å². The van der Waals surface area contributed by atoms with Crippen LogP contribution in [0.1, 0.15) is 0 Å². The Morgan fingerprint density at radius 3 is 3.00 bits per heavy atom. The number of hydrogen-bond acceptors (Lipinski definition) is 3. The van der Waals surface area contributed by atoms with Crippen LogP contribution in [-0.2, 0) is 0 Å². The second-order valence-electron chi connectivity index (χ2n) is 2.27. The number of methoxy groups -OCH3 is 1. The minimum Gasteiger partial charge on any atom is -0.453 e. The van der Waals surface area contributed by atoms with Gasteiger partial charge in [-0.25, -0.2) is 4.39 Å². The highest BCUT2D eigenvalue weighted by atomic mass is 19.1. The number of nitrogens with zero attached hydrogens (tertiary/aromatic N) is 1. The second-order valence-corrected chi connectivity index (χ2v) is 2.27. The summed E-state index contributed by atoms with van der Waals surface area (Å²) in [5.74, 6) is -0.427. The first kappa shape index (κ1) is 7.09. The topological polar surface area (TPSA) is 35.3 Å². The standard InChI is InChI=1S/C8H6FNO2/c1-11-8-10-6-4-2-3-5(9)7(6)12-8/h2-4H,1H3. The van der Waals surface area contributed by atoms with Crippen LogP contribution in [0.3, 0.4) is 0 Å². The summed E-state index contributed by atoms with van der Waals surface area (Å²) in [6.45, 7) is 0. The zero-order valence-electron chi connectivity index (χ0n) is 6.37. The van der Waals surface area contributed by atoms with Crippen molar-refractivity contribution < 1.29 is 13.5 Å². The molecule has 0 aliphatic carbocycles. The van der Waals surface area contributed by atoms with Crippen molar-refractivity contribution in [3.63, 3.8) is 0 Å². The maximum absolute atomic E-state index is 12.9. The summed E-state index contributed by atoms with van der Waals surface area (Å²) < 4.78 is 22.6. The molecule has 3 nitrogen and oxygen atoms in total. The van der Waals surface area contributed by atoms with Gasteiger partial charge in [-0.1, -0.05) is 6.07 Å². The number of rotatable bonds is 1. The van der Waals surface area contributed by atoms with Crippen LogP contribution >= 0.6 is 0 Å². The highest BCUT2D eigenvalue weighted by molar-refractivity contribution is 5.73. The van der Waals surface area contributed by atoms with Gasteiger partial charge in [0.05, 0.1) is 7.11 Å². The van der Waals surface area contributed by atoms with Gasteiger partial charge in [0, 0.05) is 0 Å². The lowest BCUT2D eigenvalue weighted by molar-refractivity contribution is 0.297. The van der Waals surface area contributed by atoms with E-state index >= 15 is 0 Å². The van der Waals surface area contributed by atoms with E-state index in [0.29, 0.717) is 5.52 Å². The molecule has 2 rings (SSSR count). The van der Waals surface area contributed by atoms with Crippen LogP contribution in [0.25, 0.3) is 11.1 Å². The van der Waals surface area contributed by atoms with Gasteiger partial charge in [-0.2, -0.15) is 4.98 Å². The van der Waals surface area contributed by atoms with Gasteiger partial charge in [-0.3, -0.25) is 0 Å². The highest BCUT2D eigenvalue weighted by Crippen LogP contribution is 2.22. The normalized spacial score (nSPS) is 10.5. The van der Waals surface area contributed by atoms with Gasteiger partial charge in [0.15, 0.2) is 11.4 Å². The number of hydrogen-bond donors (Lipinski definition) is 0. The third-order valence-corrected chi connectivity index (χ3v) is 1.52. The number of aromatic nitrogens is 1. The molecule has 0 atom stereocenters. The fourth-order valence-electron chi connectivity index (χ4n) is 0.982. The molecule has 0 saturated heterocycles. The first-order valence-corrected chi connectivity index (χ1v) is 3.40. The third-order valence-electron chi connectivity index (χ3n) is 1.52. The number of fused-ring (bicyclic) bond motifs is 1. The Kier molecular flexibility index (Phi) is 1.46. The van der Waals surface area contributed by atoms with E-state index in [1.165, 1.54) is 13.2 Å². The molecule has 0 fully saturated rings. The largest absolute Gasteiger partial charge is 0.453 e. The Labute approximate surface area is 67.8 Å². The van der Waals surface area contributed by atoms with Crippen LogP contribution in [0.15, 0.2) is 22.6 Å². The Morgan fingerprint density at radius 1 is 1.50 bits per heavy atom. The Morgan fingerprint density at radius 2 is 2.33 bits per heavy atom. The lowest BCUT2D eigenvalue weighted by atomic mass is 10.3. The van der Waals surface area contributed by atoms with Crippen molar-refractivity contribution in [1.82, 2.24) is 4.98 Å². The molecule has 0 bridgehead atoms. The Balaban J connectivity index is 2.74. The fraction of sp³-hybridized carbons (Fsp3) is 0.125. The fourth-order valence-corrected chi connectivity index (χ4v) is 0.982. The average Bonchev–Trinajstić information content (AvgIpc) is 2.49. The van der Waals surface area contributed by atoms with Crippen molar-refractivity contribution in [2.75, 3.05) is 7.11 Å². The molecule has 0 saturated carbocycles. The van der Waals surface area contributed by atoms with Crippen LogP contribution < -0.4 is 4.74 Å². The Bertz CT molecular complexity index is 410. The summed E-state index contributed by atoms with van der Waals surface area (Å²) in [5, 5.41) is 0. The van der Waals surface area contributed by atoms with E-state index in [2.05, 4.69) is 4.98 Å². The number of halogens is 1. The van der Waals surface area contributed by atoms with Crippen LogP contribution in [0, 0.1) is 5.82 Å². The van der Waals surface area contributed by atoms with Gasteiger partial charge >= 0.3 is 6.08 Å². The first-order valence-electron chi connectivity index (χ1n) is 3.40. The second kappa shape index (κ2) is 2.48. The van der Waals surface area contributed by atoms with Crippen molar-refractivity contribution >= 4 is 11.1 Å². The number of benzene rings is 1. The van der Waals surface area contributed by atoms with Crippen LogP contribution in [0.5, 0.6) is 6.08 Å². The maximum atomic E-state index is 12.9. The smallest absolute Gasteiger partial charge is 0.394 e. The number of oxazole rings is 1. The van der Waals surface area contributed by atoms with Gasteiger partial charge in [0.2, 0.25) is 0 Å². The van der Waals surface area contributed by atoms with Gasteiger partial charge in [0.1, 0.15) is 5.52 Å². The molecule has 4 heteroatoms. The highest BCUT2D eigenvalue weighted by Gasteiger charge is 2.08. The molecule has 1 aromatic carbocycles. The van der Waals surface area contributed by atoms with E-state index < -0.39 is 5.82 Å². The zero-order chi connectivity index (χ0) is 8.55. The SMILES string of the molecule is COc1nc2cccc(F)c2o1. The van der Waals surface area contributed by atoms with E-state index in [1.54, 1.807) is 12.1 Å². The summed E-state index contributed by atoms with van der Waals surface area (Å²) in [7, 11) is 1.42. The van der Waals surface area contributed by atoms with Crippen LogP contribution in [-0.4, -0.2) is 12.1 Å². The predicted octanol–water partition coefficient (Wildman–Crippen LogP) is 1.98. The predicted molar refractivity (Wildman–Crippen MR) is 40.5 cm³/mol. The molecule has 12 heavy (non-hydrogen) atoms. The zero-order valence-corrected chi connectivity index (χ0v) is 6.37. The molecule has 0 unspecified atom stereocenters. The summed E-state index contributed by atoms with van der Waals surface area (Å²) in [5.41, 5.74) is 0.598. The molecular formula is C8H6FNO2. The summed E-state index contributed by atoms with van der Waals surface area (Å²) in [4.78, 5) is 3.86. The molecule has 62 valence electrons. The lowest BCUT2D eigenvalue weighted by Crippen LogP contribution is -1.79. The summed E-state index contributed by atoms with van der Waals surface area (Å²) in [6, 6.07) is 4.54. The summed E-state index contributed by atoms with van der Waals surface area (Å²) >= 11 is 0. The van der Waals surface area contributed by atoms with E-state index in [-0.39, 0.29) is 11.7 Å². The van der Waals surface area contributed by atoms with Crippen LogP contribution in [0.4, 0.5) is 4.39 Å². The minimum atomic E-state index is -0.427. The lowest BCUT2D eigenvalue weighted by Gasteiger charge is -1.86. The Hall–Kier alpha value is -1.58. The monoisotopic (exact) mass is 167 g/mol. The van der Waals surface area contributed by atoms with E-state index in [0.717, 1.165) is 0 Å². The van der Waals surface area contributed by atoms with Crippen molar-refractivity contribution in [1.29, 1.82) is 0 Å². The van der Waals surface area contributed by atoms with Crippen molar-refractivity contribution in [3.05, 3.63) is 24.0 Å². The molecular weight excluding hydrogens is 161 g/mol. The quantitative estimate of drug-likeness (QED) is 0.651. The minimum absolute atomic E-state index is 0.0788. The molecule has 0 radical (unpaired) electrons. The van der Waals surface area contributed by atoms with Gasteiger partial charge in [-0.15, -0.1) is 0 Å². The average molecular weight is 167 g/mol. The summed E-state index contributed by atoms with van der Waals surface area (Å²) in [6.07, 6.45) is 0.0788. The number of ether oxygens (including phenoxy) is 1. The molecule has 2 aromatic rings. The first-order chi connectivity index (χ1) is 5.81. The van der Waals surface area contributed by atoms with E-state index in [9.17, 15) is 4.39 Å². The molecule has 1 aromatic heterocycles. The van der Waals surface area contributed by atoms with E-state index in [4.69, 9.17) is 9.15 Å². The molecule has 0 aliphatic rings. The molecule has 1 heterocycles. The van der Waals surface area contributed by atoms with Gasteiger partial charge in [0.25, 0.3) is 0 Å². The molecule has 0 aliphatic heterocycles. The van der Waals surface area contributed by atoms with Gasteiger partial charge < -0.3 is 9.15 Å². The molecule has 0 amide bonds.